The van der Waals surface area contributed by atoms with Gasteiger partial charge in [-0.05, 0) is 48.0 Å². The number of piperazine rings is 1. The first-order valence-electron chi connectivity index (χ1n) is 12.3. The Kier molecular flexibility index (Phi) is 7.84. The van der Waals surface area contributed by atoms with E-state index in [2.05, 4.69) is 26.6 Å². The van der Waals surface area contributed by atoms with Crippen molar-refractivity contribution in [3.63, 3.8) is 0 Å². The van der Waals surface area contributed by atoms with E-state index >= 15 is 0 Å². The number of nitrogens with zero attached hydrogens (tertiary/aromatic N) is 2. The third kappa shape index (κ3) is 5.48. The van der Waals surface area contributed by atoms with E-state index in [-0.39, 0.29) is 24.1 Å². The highest BCUT2D eigenvalue weighted by Crippen LogP contribution is 2.47. The van der Waals surface area contributed by atoms with Gasteiger partial charge in [0.2, 0.25) is 5.91 Å². The summed E-state index contributed by atoms with van der Waals surface area (Å²) in [6.07, 6.45) is 0.200. The zero-order valence-electron chi connectivity index (χ0n) is 20.9. The van der Waals surface area contributed by atoms with E-state index < -0.39 is 5.54 Å². The van der Waals surface area contributed by atoms with Gasteiger partial charge in [-0.2, -0.15) is 0 Å². The Labute approximate surface area is 249 Å². The molecule has 2 aliphatic heterocycles. The zero-order valence-corrected chi connectivity index (χ0v) is 24.7. The lowest BCUT2D eigenvalue weighted by atomic mass is 9.84. The van der Waals surface area contributed by atoms with E-state index in [4.69, 9.17) is 34.8 Å². The Balaban J connectivity index is 1.58. The second-order valence-corrected chi connectivity index (χ2v) is 11.8. The maximum Gasteiger partial charge on any atom is 0.256 e. The summed E-state index contributed by atoms with van der Waals surface area (Å²) in [4.78, 5) is 42.8. The number of fused-ring (bicyclic) bond motifs is 1. The van der Waals surface area contributed by atoms with Gasteiger partial charge in [0.1, 0.15) is 0 Å². The van der Waals surface area contributed by atoms with E-state index in [1.807, 2.05) is 12.1 Å². The molecule has 202 valence electrons. The molecule has 0 radical (unpaired) electrons. The topological polar surface area (TPSA) is 81.8 Å². The standard InChI is InChI=1S/C28H24BrCl3N4O3/c1-16(37)35-7-9-36(10-8-35)26(38)21-6-5-18(29)12-23(21)34-28(15-17-3-2-4-19(30)11-17)25-22(32)13-20(31)14-24(25)33-27(28)39/h2-6,11-14,34H,7-10,15H2,1H3,(H,33,39). The molecule has 2 N–H and O–H groups in total. The first kappa shape index (κ1) is 27.8. The molecule has 1 fully saturated rings. The summed E-state index contributed by atoms with van der Waals surface area (Å²) in [5.41, 5.74) is 1.31. The van der Waals surface area contributed by atoms with Gasteiger partial charge in [-0.3, -0.25) is 14.4 Å². The average Bonchev–Trinajstić information content (AvgIpc) is 3.14. The maximum absolute atomic E-state index is 13.8. The highest BCUT2D eigenvalue weighted by atomic mass is 79.9. The molecule has 2 heterocycles. The minimum Gasteiger partial charge on any atom is -0.367 e. The molecule has 39 heavy (non-hydrogen) atoms. The Bertz CT molecular complexity index is 1490. The van der Waals surface area contributed by atoms with Crippen LogP contribution in [0.25, 0.3) is 0 Å². The SMILES string of the molecule is CC(=O)N1CCN(C(=O)c2ccc(Br)cc2NC2(Cc3cccc(Cl)c3)C(=O)Nc3cc(Cl)cc(Cl)c32)CC1. The molecule has 3 amide bonds. The van der Waals surface area contributed by atoms with E-state index in [0.29, 0.717) is 63.7 Å². The minimum absolute atomic E-state index is 0.0149. The number of amides is 3. The molecule has 5 rings (SSSR count). The van der Waals surface area contributed by atoms with Crippen LogP contribution in [0.4, 0.5) is 11.4 Å². The largest absolute Gasteiger partial charge is 0.367 e. The molecule has 1 unspecified atom stereocenters. The number of carbonyl (C=O) groups excluding carboxylic acids is 3. The molecule has 1 atom stereocenters. The first-order chi connectivity index (χ1) is 18.6. The fraction of sp³-hybridized carbons (Fsp3) is 0.250. The van der Waals surface area contributed by atoms with Crippen LogP contribution in [0, 0.1) is 0 Å². The number of hydrogen-bond acceptors (Lipinski definition) is 4. The van der Waals surface area contributed by atoms with Crippen molar-refractivity contribution in [2.24, 2.45) is 0 Å². The molecule has 7 nitrogen and oxygen atoms in total. The van der Waals surface area contributed by atoms with E-state index in [9.17, 15) is 14.4 Å². The van der Waals surface area contributed by atoms with Gasteiger partial charge >= 0.3 is 0 Å². The molecule has 3 aromatic carbocycles. The van der Waals surface area contributed by atoms with Crippen molar-refractivity contribution < 1.29 is 14.4 Å². The van der Waals surface area contributed by atoms with Gasteiger partial charge in [-0.1, -0.05) is 62.9 Å². The number of rotatable bonds is 5. The van der Waals surface area contributed by atoms with Crippen LogP contribution < -0.4 is 10.6 Å². The van der Waals surface area contributed by atoms with Crippen LogP contribution >= 0.6 is 50.7 Å². The van der Waals surface area contributed by atoms with Crippen molar-refractivity contribution in [3.05, 3.63) is 90.8 Å². The second kappa shape index (κ2) is 11.0. The second-order valence-electron chi connectivity index (χ2n) is 9.59. The van der Waals surface area contributed by atoms with Crippen LogP contribution in [-0.4, -0.2) is 53.7 Å². The predicted octanol–water partition coefficient (Wildman–Crippen LogP) is 6.22. The van der Waals surface area contributed by atoms with Gasteiger partial charge in [-0.25, -0.2) is 0 Å². The molecule has 1 saturated heterocycles. The molecule has 0 aliphatic carbocycles. The van der Waals surface area contributed by atoms with Gasteiger partial charge in [0.15, 0.2) is 5.54 Å². The summed E-state index contributed by atoms with van der Waals surface area (Å²) in [7, 11) is 0. The van der Waals surface area contributed by atoms with Gasteiger partial charge in [0, 0.05) is 71.0 Å². The molecule has 0 bridgehead atoms. The number of hydrogen-bond donors (Lipinski definition) is 2. The number of halogens is 4. The van der Waals surface area contributed by atoms with Crippen molar-refractivity contribution in [2.75, 3.05) is 36.8 Å². The van der Waals surface area contributed by atoms with Gasteiger partial charge in [0.25, 0.3) is 11.8 Å². The molecule has 11 heteroatoms. The highest BCUT2D eigenvalue weighted by molar-refractivity contribution is 9.10. The van der Waals surface area contributed by atoms with Crippen LogP contribution in [0.2, 0.25) is 15.1 Å². The van der Waals surface area contributed by atoms with Crippen molar-refractivity contribution in [1.82, 2.24) is 9.80 Å². The lowest BCUT2D eigenvalue weighted by Gasteiger charge is -2.35. The predicted molar refractivity (Wildman–Crippen MR) is 158 cm³/mol. The van der Waals surface area contributed by atoms with Crippen molar-refractivity contribution in [1.29, 1.82) is 0 Å². The third-order valence-corrected chi connectivity index (χ3v) is 8.29. The fourth-order valence-electron chi connectivity index (χ4n) is 5.16. The van der Waals surface area contributed by atoms with Crippen LogP contribution in [0.15, 0.2) is 59.1 Å². The van der Waals surface area contributed by atoms with Crippen molar-refractivity contribution in [3.8, 4) is 0 Å². The Morgan fingerprint density at radius 2 is 1.69 bits per heavy atom. The van der Waals surface area contributed by atoms with Gasteiger partial charge < -0.3 is 20.4 Å². The van der Waals surface area contributed by atoms with Crippen LogP contribution in [0.3, 0.4) is 0 Å². The number of carbonyl (C=O) groups is 3. The molecule has 0 spiro atoms. The van der Waals surface area contributed by atoms with E-state index in [1.165, 1.54) is 6.92 Å². The monoisotopic (exact) mass is 648 g/mol. The lowest BCUT2D eigenvalue weighted by Crippen LogP contribution is -2.50. The smallest absolute Gasteiger partial charge is 0.256 e. The summed E-state index contributed by atoms with van der Waals surface area (Å²) in [6, 6.07) is 15.8. The third-order valence-electron chi connectivity index (χ3n) is 7.05. The number of nitrogens with one attached hydrogen (secondary N) is 2. The highest BCUT2D eigenvalue weighted by Gasteiger charge is 2.49. The maximum atomic E-state index is 13.8. The van der Waals surface area contributed by atoms with Crippen LogP contribution in [0.1, 0.15) is 28.4 Å². The summed E-state index contributed by atoms with van der Waals surface area (Å²) in [5.74, 6) is -0.555. The molecular formula is C28H24BrCl3N4O3. The minimum atomic E-state index is -1.37. The Morgan fingerprint density at radius 1 is 0.974 bits per heavy atom. The summed E-state index contributed by atoms with van der Waals surface area (Å²) < 4.78 is 0.724. The van der Waals surface area contributed by atoms with Crippen LogP contribution in [0.5, 0.6) is 0 Å². The van der Waals surface area contributed by atoms with Gasteiger partial charge in [0.05, 0.1) is 10.6 Å². The van der Waals surface area contributed by atoms with E-state index in [0.717, 1.165) is 10.0 Å². The Hall–Kier alpha value is -2.78. The van der Waals surface area contributed by atoms with Crippen molar-refractivity contribution in [2.45, 2.75) is 18.9 Å². The molecule has 3 aromatic rings. The summed E-state index contributed by atoms with van der Waals surface area (Å²) in [6.45, 7) is 3.28. The fourth-order valence-corrected chi connectivity index (χ4v) is 6.39. The molecule has 0 saturated carbocycles. The quantitative estimate of drug-likeness (QED) is 0.344. The normalized spacial score (nSPS) is 18.5. The molecular weight excluding hydrogens is 627 g/mol. The zero-order chi connectivity index (χ0) is 27.9. The first-order valence-corrected chi connectivity index (χ1v) is 14.2. The lowest BCUT2D eigenvalue weighted by molar-refractivity contribution is -0.130. The van der Waals surface area contributed by atoms with Crippen LogP contribution in [-0.2, 0) is 21.5 Å². The molecule has 2 aliphatic rings. The van der Waals surface area contributed by atoms with Crippen molar-refractivity contribution >= 4 is 79.8 Å². The summed E-state index contributed by atoms with van der Waals surface area (Å²) in [5, 5.41) is 7.58. The average molecular weight is 651 g/mol. The molecule has 0 aromatic heterocycles. The summed E-state index contributed by atoms with van der Waals surface area (Å²) >= 11 is 22.8. The number of benzene rings is 3. The number of anilines is 2. The Morgan fingerprint density at radius 3 is 2.38 bits per heavy atom. The van der Waals surface area contributed by atoms with E-state index in [1.54, 1.807) is 52.3 Å². The van der Waals surface area contributed by atoms with Gasteiger partial charge in [-0.15, -0.1) is 0 Å².